The second-order valence-electron chi connectivity index (χ2n) is 5.61. The van der Waals surface area contributed by atoms with Gasteiger partial charge in [0.1, 0.15) is 10.7 Å². The molecule has 2 atom stereocenters. The molecule has 1 aliphatic heterocycles. The second-order valence-corrected chi connectivity index (χ2v) is 6.05. The van der Waals surface area contributed by atoms with E-state index in [1.54, 1.807) is 6.20 Å². The van der Waals surface area contributed by atoms with Crippen LogP contribution in [0.3, 0.4) is 0 Å². The monoisotopic (exact) mass is 291 g/mol. The molecule has 5 heteroatoms. The molecular formula is C15H21N3OS. The summed E-state index contributed by atoms with van der Waals surface area (Å²) in [5.74, 6) is 0. The fourth-order valence-corrected chi connectivity index (χ4v) is 3.56. The van der Waals surface area contributed by atoms with E-state index in [9.17, 15) is 0 Å². The molecule has 2 N–H and O–H groups in total. The van der Waals surface area contributed by atoms with Gasteiger partial charge in [0.2, 0.25) is 0 Å². The summed E-state index contributed by atoms with van der Waals surface area (Å²) in [6, 6.07) is 4.57. The molecule has 2 unspecified atom stereocenters. The molecule has 2 aliphatic rings. The van der Waals surface area contributed by atoms with Crippen LogP contribution in [0.1, 0.15) is 36.9 Å². The molecule has 1 saturated heterocycles. The number of nitrogens with two attached hydrogens (primary N) is 1. The van der Waals surface area contributed by atoms with Gasteiger partial charge in [0, 0.05) is 25.3 Å². The van der Waals surface area contributed by atoms with Crippen molar-refractivity contribution in [3.63, 3.8) is 0 Å². The lowest BCUT2D eigenvalue weighted by molar-refractivity contribution is -0.0911. The standard InChI is InChI=1S/C15H21N3OS/c16-15(20)14-11(4-3-7-17-14)10-18-8-9-19-13-6-2-1-5-12(13)18/h3-4,7,12-13H,1-2,5-6,8-10H2,(H2,16,20). The first-order valence-corrected chi connectivity index (χ1v) is 7.76. The van der Waals surface area contributed by atoms with Crippen molar-refractivity contribution in [3.05, 3.63) is 29.6 Å². The number of hydrogen-bond donors (Lipinski definition) is 1. The lowest BCUT2D eigenvalue weighted by atomic mass is 9.90. The lowest BCUT2D eigenvalue weighted by Gasteiger charge is -2.44. The quantitative estimate of drug-likeness (QED) is 0.862. The van der Waals surface area contributed by atoms with Gasteiger partial charge in [-0.1, -0.05) is 31.1 Å². The first kappa shape index (κ1) is 13.9. The summed E-state index contributed by atoms with van der Waals surface area (Å²) >= 11 is 5.10. The van der Waals surface area contributed by atoms with Crippen LogP contribution in [0.15, 0.2) is 18.3 Å². The highest BCUT2D eigenvalue weighted by atomic mass is 32.1. The summed E-state index contributed by atoms with van der Waals surface area (Å²) in [7, 11) is 0. The lowest BCUT2D eigenvalue weighted by Crippen LogP contribution is -2.52. The van der Waals surface area contributed by atoms with Crippen LogP contribution >= 0.6 is 12.2 Å². The van der Waals surface area contributed by atoms with Crippen LogP contribution in [-0.4, -0.2) is 40.2 Å². The Bertz CT molecular complexity index is 492. The summed E-state index contributed by atoms with van der Waals surface area (Å²) in [4.78, 5) is 7.23. The minimum absolute atomic E-state index is 0.383. The average molecular weight is 291 g/mol. The van der Waals surface area contributed by atoms with E-state index in [4.69, 9.17) is 22.7 Å². The number of thiocarbonyl (C=S) groups is 1. The summed E-state index contributed by atoms with van der Waals surface area (Å²) in [6.07, 6.45) is 7.17. The normalized spacial score (nSPS) is 27.0. The van der Waals surface area contributed by atoms with Gasteiger partial charge in [-0.2, -0.15) is 0 Å². The molecule has 0 amide bonds. The minimum Gasteiger partial charge on any atom is -0.388 e. The van der Waals surface area contributed by atoms with Gasteiger partial charge in [0.25, 0.3) is 0 Å². The maximum atomic E-state index is 5.92. The molecule has 4 nitrogen and oxygen atoms in total. The molecule has 0 bridgehead atoms. The van der Waals surface area contributed by atoms with Gasteiger partial charge in [-0.05, 0) is 24.5 Å². The van der Waals surface area contributed by atoms with Crippen molar-refractivity contribution in [2.24, 2.45) is 5.73 Å². The van der Waals surface area contributed by atoms with E-state index in [0.29, 0.717) is 17.1 Å². The number of hydrogen-bond acceptors (Lipinski definition) is 4. The molecule has 1 aliphatic carbocycles. The van der Waals surface area contributed by atoms with Crippen molar-refractivity contribution >= 4 is 17.2 Å². The molecule has 20 heavy (non-hydrogen) atoms. The number of nitrogens with zero attached hydrogens (tertiary/aromatic N) is 2. The third-order valence-electron chi connectivity index (χ3n) is 4.35. The van der Waals surface area contributed by atoms with Gasteiger partial charge >= 0.3 is 0 Å². The highest BCUT2D eigenvalue weighted by Crippen LogP contribution is 2.29. The fraction of sp³-hybridized carbons (Fsp3) is 0.600. The molecule has 1 saturated carbocycles. The maximum Gasteiger partial charge on any atom is 0.123 e. The summed E-state index contributed by atoms with van der Waals surface area (Å²) in [6.45, 7) is 2.67. The van der Waals surface area contributed by atoms with E-state index in [2.05, 4.69) is 16.0 Å². The largest absolute Gasteiger partial charge is 0.388 e. The molecule has 1 aromatic heterocycles. The van der Waals surface area contributed by atoms with Crippen molar-refractivity contribution in [2.75, 3.05) is 13.2 Å². The summed E-state index contributed by atoms with van der Waals surface area (Å²) in [5.41, 5.74) is 7.67. The van der Waals surface area contributed by atoms with Crippen molar-refractivity contribution in [1.82, 2.24) is 9.88 Å². The Kier molecular flexibility index (Phi) is 4.29. The Balaban J connectivity index is 1.78. The van der Waals surface area contributed by atoms with E-state index >= 15 is 0 Å². The Morgan fingerprint density at radius 2 is 2.30 bits per heavy atom. The fourth-order valence-electron chi connectivity index (χ4n) is 3.38. The van der Waals surface area contributed by atoms with E-state index in [1.165, 1.54) is 25.7 Å². The maximum absolute atomic E-state index is 5.92. The minimum atomic E-state index is 0.383. The van der Waals surface area contributed by atoms with Crippen molar-refractivity contribution < 1.29 is 4.74 Å². The third-order valence-corrected chi connectivity index (χ3v) is 4.54. The van der Waals surface area contributed by atoms with Crippen molar-refractivity contribution in [1.29, 1.82) is 0 Å². The van der Waals surface area contributed by atoms with Crippen molar-refractivity contribution in [2.45, 2.75) is 44.4 Å². The van der Waals surface area contributed by atoms with Crippen LogP contribution in [0.2, 0.25) is 0 Å². The smallest absolute Gasteiger partial charge is 0.123 e. The van der Waals surface area contributed by atoms with Crippen LogP contribution < -0.4 is 5.73 Å². The van der Waals surface area contributed by atoms with Crippen molar-refractivity contribution in [3.8, 4) is 0 Å². The molecule has 0 aromatic carbocycles. The number of ether oxygens (including phenoxy) is 1. The van der Waals surface area contributed by atoms with E-state index in [1.807, 2.05) is 6.07 Å². The molecule has 2 heterocycles. The van der Waals surface area contributed by atoms with Crippen LogP contribution in [-0.2, 0) is 11.3 Å². The van der Waals surface area contributed by atoms with Crippen LogP contribution in [0.5, 0.6) is 0 Å². The van der Waals surface area contributed by atoms with Gasteiger partial charge in [0.05, 0.1) is 12.7 Å². The number of pyridine rings is 1. The molecule has 0 spiro atoms. The number of aromatic nitrogens is 1. The van der Waals surface area contributed by atoms with Gasteiger partial charge in [-0.15, -0.1) is 0 Å². The molecule has 0 radical (unpaired) electrons. The van der Waals surface area contributed by atoms with Crippen LogP contribution in [0.4, 0.5) is 0 Å². The number of morpholine rings is 1. The van der Waals surface area contributed by atoms with Crippen LogP contribution in [0, 0.1) is 0 Å². The Labute approximate surface area is 125 Å². The highest BCUT2D eigenvalue weighted by Gasteiger charge is 2.34. The molecule has 3 rings (SSSR count). The van der Waals surface area contributed by atoms with Gasteiger partial charge in [-0.25, -0.2) is 0 Å². The van der Waals surface area contributed by atoms with Crippen LogP contribution in [0.25, 0.3) is 0 Å². The second kappa shape index (κ2) is 6.16. The first-order chi connectivity index (χ1) is 9.75. The number of fused-ring (bicyclic) bond motifs is 1. The summed E-state index contributed by atoms with van der Waals surface area (Å²) < 4.78 is 5.92. The average Bonchev–Trinajstić information content (AvgIpc) is 2.48. The Morgan fingerprint density at radius 3 is 3.15 bits per heavy atom. The predicted molar refractivity (Wildman–Crippen MR) is 82.5 cm³/mol. The zero-order valence-corrected chi connectivity index (χ0v) is 12.4. The number of rotatable bonds is 3. The topological polar surface area (TPSA) is 51.4 Å². The first-order valence-electron chi connectivity index (χ1n) is 7.35. The molecule has 1 aromatic rings. The van der Waals surface area contributed by atoms with E-state index in [-0.39, 0.29) is 0 Å². The molecule has 2 fully saturated rings. The highest BCUT2D eigenvalue weighted by molar-refractivity contribution is 7.80. The predicted octanol–water partition coefficient (Wildman–Crippen LogP) is 1.86. The summed E-state index contributed by atoms with van der Waals surface area (Å²) in [5, 5.41) is 0. The van der Waals surface area contributed by atoms with Gasteiger partial charge < -0.3 is 10.5 Å². The third kappa shape index (κ3) is 2.85. The van der Waals surface area contributed by atoms with E-state index < -0.39 is 0 Å². The molecule has 108 valence electrons. The Morgan fingerprint density at radius 1 is 1.45 bits per heavy atom. The zero-order chi connectivity index (χ0) is 13.9. The SMILES string of the molecule is NC(=S)c1ncccc1CN1CCOC2CCCCC21. The molecular weight excluding hydrogens is 270 g/mol. The Hall–Kier alpha value is -1.04. The van der Waals surface area contributed by atoms with Gasteiger partial charge in [-0.3, -0.25) is 9.88 Å². The van der Waals surface area contributed by atoms with E-state index in [0.717, 1.165) is 31.0 Å². The zero-order valence-electron chi connectivity index (χ0n) is 11.6. The van der Waals surface area contributed by atoms with Gasteiger partial charge in [0.15, 0.2) is 0 Å².